The van der Waals surface area contributed by atoms with Crippen LogP contribution in [-0.4, -0.2) is 61.9 Å². The van der Waals surface area contributed by atoms with Gasteiger partial charge in [0.1, 0.15) is 5.69 Å². The number of imidazole rings is 1. The van der Waals surface area contributed by atoms with Crippen LogP contribution in [0.2, 0.25) is 0 Å². The van der Waals surface area contributed by atoms with Crippen molar-refractivity contribution in [3.05, 3.63) is 30.4 Å². The second-order valence-corrected chi connectivity index (χ2v) is 7.81. The van der Waals surface area contributed by atoms with Crippen LogP contribution in [0.1, 0.15) is 36.2 Å². The van der Waals surface area contributed by atoms with E-state index in [1.54, 1.807) is 16.8 Å². The molecule has 2 saturated heterocycles. The number of nitrogens with one attached hydrogen (secondary N) is 1. The molecule has 0 saturated carbocycles. The summed E-state index contributed by atoms with van der Waals surface area (Å²) < 4.78 is 1.78. The first-order valence-corrected chi connectivity index (χ1v) is 9.87. The molecule has 0 aliphatic carbocycles. The molecule has 0 aromatic carbocycles. The first-order chi connectivity index (χ1) is 11.8. The molecular formula is C17H23N5OS. The van der Waals surface area contributed by atoms with Crippen molar-refractivity contribution in [2.24, 2.45) is 0 Å². The minimum absolute atomic E-state index is 0.0898. The number of rotatable bonds is 3. The van der Waals surface area contributed by atoms with Crippen molar-refractivity contribution in [3.63, 3.8) is 0 Å². The molecule has 0 radical (unpaired) electrons. The fourth-order valence-electron chi connectivity index (χ4n) is 3.66. The molecule has 4 heterocycles. The van der Waals surface area contributed by atoms with E-state index in [1.165, 1.54) is 24.3 Å². The van der Waals surface area contributed by atoms with E-state index in [-0.39, 0.29) is 11.9 Å². The molecule has 24 heavy (non-hydrogen) atoms. The second-order valence-electron chi connectivity index (χ2n) is 6.58. The Morgan fingerprint density at radius 2 is 2.00 bits per heavy atom. The molecule has 1 amide bonds. The lowest BCUT2D eigenvalue weighted by molar-refractivity contribution is 0.0882. The Balaban J connectivity index is 1.32. The molecule has 6 nitrogen and oxygen atoms in total. The molecule has 2 aliphatic heterocycles. The highest BCUT2D eigenvalue weighted by Crippen LogP contribution is 2.24. The zero-order valence-electron chi connectivity index (χ0n) is 13.7. The minimum Gasteiger partial charge on any atom is -0.348 e. The fourth-order valence-corrected chi connectivity index (χ4v) is 4.74. The summed E-state index contributed by atoms with van der Waals surface area (Å²) in [5.74, 6) is 3.06. The molecule has 2 aromatic rings. The number of hydrogen-bond acceptors (Lipinski definition) is 5. The van der Waals surface area contributed by atoms with Gasteiger partial charge in [0.25, 0.3) is 5.91 Å². The lowest BCUT2D eigenvalue weighted by Gasteiger charge is -2.39. The van der Waals surface area contributed by atoms with Gasteiger partial charge in [0.05, 0.1) is 0 Å². The maximum atomic E-state index is 12.4. The molecular weight excluding hydrogens is 322 g/mol. The van der Waals surface area contributed by atoms with Gasteiger partial charge in [-0.3, -0.25) is 9.20 Å². The Bertz CT molecular complexity index is 671. The van der Waals surface area contributed by atoms with Crippen LogP contribution >= 0.6 is 11.8 Å². The molecule has 2 fully saturated rings. The number of carbonyl (C=O) groups is 1. The lowest BCUT2D eigenvalue weighted by Crippen LogP contribution is -2.48. The van der Waals surface area contributed by atoms with Gasteiger partial charge < -0.3 is 10.2 Å². The standard InChI is InChI=1S/C17H23N5OS/c23-16(15-12-22-7-1-6-18-17(22)20-15)19-13-2-8-21(9-3-13)14-4-10-24-11-5-14/h1,6-7,12-14H,2-5,8-11H2,(H,19,23). The van der Waals surface area contributed by atoms with Gasteiger partial charge >= 0.3 is 0 Å². The van der Waals surface area contributed by atoms with E-state index < -0.39 is 0 Å². The minimum atomic E-state index is -0.0898. The van der Waals surface area contributed by atoms with Gasteiger partial charge in [-0.25, -0.2) is 9.97 Å². The molecule has 4 rings (SSSR count). The highest BCUT2D eigenvalue weighted by atomic mass is 32.2. The normalized spacial score (nSPS) is 21.2. The van der Waals surface area contributed by atoms with Crippen LogP contribution < -0.4 is 5.32 Å². The predicted molar refractivity (Wildman–Crippen MR) is 95.4 cm³/mol. The predicted octanol–water partition coefficient (Wildman–Crippen LogP) is 1.82. The van der Waals surface area contributed by atoms with Crippen molar-refractivity contribution < 1.29 is 4.79 Å². The fraction of sp³-hybridized carbons (Fsp3) is 0.588. The summed E-state index contributed by atoms with van der Waals surface area (Å²) in [6.45, 7) is 2.18. The van der Waals surface area contributed by atoms with Gasteiger partial charge in [0.15, 0.2) is 0 Å². The topological polar surface area (TPSA) is 62.5 Å². The Labute approximate surface area is 146 Å². The zero-order chi connectivity index (χ0) is 16.4. The third-order valence-electron chi connectivity index (χ3n) is 5.04. The van der Waals surface area contributed by atoms with Gasteiger partial charge in [-0.15, -0.1) is 0 Å². The van der Waals surface area contributed by atoms with Crippen LogP contribution in [0, 0.1) is 0 Å². The van der Waals surface area contributed by atoms with Gasteiger partial charge in [0.2, 0.25) is 5.78 Å². The summed E-state index contributed by atoms with van der Waals surface area (Å²) >= 11 is 2.07. The maximum absolute atomic E-state index is 12.4. The Morgan fingerprint density at radius 3 is 2.75 bits per heavy atom. The van der Waals surface area contributed by atoms with Gasteiger partial charge in [0, 0.05) is 43.8 Å². The van der Waals surface area contributed by atoms with Crippen molar-refractivity contribution in [1.29, 1.82) is 0 Å². The van der Waals surface area contributed by atoms with E-state index in [4.69, 9.17) is 0 Å². The summed E-state index contributed by atoms with van der Waals surface area (Å²) in [7, 11) is 0. The Hall–Kier alpha value is -1.60. The first-order valence-electron chi connectivity index (χ1n) is 8.72. The molecule has 2 aliphatic rings. The molecule has 128 valence electrons. The third-order valence-corrected chi connectivity index (χ3v) is 6.09. The van der Waals surface area contributed by atoms with E-state index >= 15 is 0 Å². The molecule has 1 N–H and O–H groups in total. The van der Waals surface area contributed by atoms with Crippen LogP contribution in [0.5, 0.6) is 0 Å². The molecule has 0 unspecified atom stereocenters. The van der Waals surface area contributed by atoms with Crippen molar-refractivity contribution >= 4 is 23.4 Å². The van der Waals surface area contributed by atoms with Crippen molar-refractivity contribution in [2.75, 3.05) is 24.6 Å². The summed E-state index contributed by atoms with van der Waals surface area (Å²) in [6.07, 6.45) is 9.97. The van der Waals surface area contributed by atoms with Gasteiger partial charge in [-0.1, -0.05) is 0 Å². The van der Waals surface area contributed by atoms with Crippen LogP contribution in [0.25, 0.3) is 5.78 Å². The number of amides is 1. The average molecular weight is 345 g/mol. The molecule has 2 aromatic heterocycles. The van der Waals surface area contributed by atoms with E-state index in [0.717, 1.165) is 32.0 Å². The van der Waals surface area contributed by atoms with E-state index in [1.807, 2.05) is 12.3 Å². The van der Waals surface area contributed by atoms with E-state index in [9.17, 15) is 4.79 Å². The monoisotopic (exact) mass is 345 g/mol. The molecule has 7 heteroatoms. The van der Waals surface area contributed by atoms with Crippen molar-refractivity contribution in [2.45, 2.75) is 37.8 Å². The van der Waals surface area contributed by atoms with Gasteiger partial charge in [-0.2, -0.15) is 11.8 Å². The summed E-state index contributed by atoms with van der Waals surface area (Å²) in [5.41, 5.74) is 0.445. The largest absolute Gasteiger partial charge is 0.348 e. The molecule has 0 bridgehead atoms. The highest BCUT2D eigenvalue weighted by molar-refractivity contribution is 7.99. The number of carbonyl (C=O) groups excluding carboxylic acids is 1. The van der Waals surface area contributed by atoms with E-state index in [0.29, 0.717) is 11.5 Å². The molecule has 0 spiro atoms. The number of likely N-dealkylation sites (tertiary alicyclic amines) is 1. The SMILES string of the molecule is O=C(NC1CCN(C2CCSCC2)CC1)c1cn2cccnc2n1. The number of piperidine rings is 1. The van der Waals surface area contributed by atoms with Crippen molar-refractivity contribution in [3.8, 4) is 0 Å². The van der Waals surface area contributed by atoms with Crippen LogP contribution in [0.15, 0.2) is 24.7 Å². The summed E-state index contributed by atoms with van der Waals surface area (Å²) in [5, 5.41) is 3.15. The lowest BCUT2D eigenvalue weighted by atomic mass is 10.0. The first kappa shape index (κ1) is 15.9. The third kappa shape index (κ3) is 3.42. The van der Waals surface area contributed by atoms with E-state index in [2.05, 4.69) is 31.9 Å². The van der Waals surface area contributed by atoms with Crippen molar-refractivity contribution in [1.82, 2.24) is 24.6 Å². The number of thioether (sulfide) groups is 1. The maximum Gasteiger partial charge on any atom is 0.271 e. The number of aromatic nitrogens is 3. The Kier molecular flexibility index (Phi) is 4.71. The number of fused-ring (bicyclic) bond motifs is 1. The second kappa shape index (κ2) is 7.11. The number of hydrogen-bond donors (Lipinski definition) is 1. The zero-order valence-corrected chi connectivity index (χ0v) is 14.5. The van der Waals surface area contributed by atoms with Gasteiger partial charge in [-0.05, 0) is 43.3 Å². The summed E-state index contributed by atoms with van der Waals surface area (Å²) in [4.78, 5) is 23.5. The van der Waals surface area contributed by atoms with Crippen LogP contribution in [-0.2, 0) is 0 Å². The average Bonchev–Trinajstić information content (AvgIpc) is 3.07. The van der Waals surface area contributed by atoms with Crippen LogP contribution in [0.4, 0.5) is 0 Å². The smallest absolute Gasteiger partial charge is 0.271 e. The van der Waals surface area contributed by atoms with Crippen LogP contribution in [0.3, 0.4) is 0 Å². The molecule has 0 atom stereocenters. The Morgan fingerprint density at radius 1 is 1.21 bits per heavy atom. The number of nitrogens with zero attached hydrogens (tertiary/aromatic N) is 4. The highest BCUT2D eigenvalue weighted by Gasteiger charge is 2.27. The summed E-state index contributed by atoms with van der Waals surface area (Å²) in [6, 6.07) is 2.84. The quantitative estimate of drug-likeness (QED) is 0.919.